The van der Waals surface area contributed by atoms with E-state index < -0.39 is 5.91 Å². The largest absolute Gasteiger partial charge is 0.399 e. The summed E-state index contributed by atoms with van der Waals surface area (Å²) in [6, 6.07) is 8.75. The van der Waals surface area contributed by atoms with Gasteiger partial charge in [0.05, 0.1) is 12.2 Å². The molecule has 110 valence electrons. The highest BCUT2D eigenvalue weighted by Crippen LogP contribution is 2.12. The van der Waals surface area contributed by atoms with Crippen molar-refractivity contribution in [3.63, 3.8) is 0 Å². The monoisotopic (exact) mass is 287 g/mol. The number of aromatic nitrogens is 2. The van der Waals surface area contributed by atoms with Crippen molar-refractivity contribution in [3.05, 3.63) is 42.2 Å². The van der Waals surface area contributed by atoms with Crippen LogP contribution in [0, 0.1) is 0 Å². The van der Waals surface area contributed by atoms with Crippen molar-refractivity contribution in [2.24, 2.45) is 5.73 Å². The number of rotatable bonds is 5. The summed E-state index contributed by atoms with van der Waals surface area (Å²) in [4.78, 5) is 24.5. The van der Waals surface area contributed by atoms with Gasteiger partial charge in [0.25, 0.3) is 5.91 Å². The standard InChI is InChI=1S/C14H17N5O2/c1-2-18(9-13(16)20)14(21)12-6-7-19(17-12)11-5-3-4-10(15)8-11/h3-8H,2,9,15H2,1H3,(H2,16,20). The van der Waals surface area contributed by atoms with E-state index in [9.17, 15) is 9.59 Å². The number of hydrogen-bond donors (Lipinski definition) is 2. The van der Waals surface area contributed by atoms with E-state index in [0.29, 0.717) is 12.2 Å². The van der Waals surface area contributed by atoms with Gasteiger partial charge in [-0.3, -0.25) is 9.59 Å². The first kappa shape index (κ1) is 14.6. The maximum atomic E-state index is 12.2. The Morgan fingerprint density at radius 2 is 2.10 bits per heavy atom. The predicted molar refractivity (Wildman–Crippen MR) is 78.7 cm³/mol. The van der Waals surface area contributed by atoms with E-state index in [2.05, 4.69) is 5.10 Å². The lowest BCUT2D eigenvalue weighted by Gasteiger charge is -2.17. The van der Waals surface area contributed by atoms with Crippen LogP contribution >= 0.6 is 0 Å². The fourth-order valence-electron chi connectivity index (χ4n) is 1.93. The van der Waals surface area contributed by atoms with Crippen LogP contribution in [0.2, 0.25) is 0 Å². The third-order valence-corrected chi connectivity index (χ3v) is 2.96. The van der Waals surface area contributed by atoms with Gasteiger partial charge < -0.3 is 16.4 Å². The number of benzene rings is 1. The van der Waals surface area contributed by atoms with Crippen molar-refractivity contribution in [1.82, 2.24) is 14.7 Å². The molecule has 2 rings (SSSR count). The van der Waals surface area contributed by atoms with Crippen LogP contribution in [0.15, 0.2) is 36.5 Å². The summed E-state index contributed by atoms with van der Waals surface area (Å²) in [5.41, 5.74) is 12.5. The SMILES string of the molecule is CCN(CC(N)=O)C(=O)c1ccn(-c2cccc(N)c2)n1. The van der Waals surface area contributed by atoms with E-state index in [-0.39, 0.29) is 18.1 Å². The zero-order valence-electron chi connectivity index (χ0n) is 11.7. The number of nitrogen functional groups attached to an aromatic ring is 1. The summed E-state index contributed by atoms with van der Waals surface area (Å²) >= 11 is 0. The van der Waals surface area contributed by atoms with Crippen LogP contribution in [0.4, 0.5) is 5.69 Å². The Labute approximate surface area is 122 Å². The van der Waals surface area contributed by atoms with Crippen LogP contribution in [0.1, 0.15) is 17.4 Å². The maximum absolute atomic E-state index is 12.2. The maximum Gasteiger partial charge on any atom is 0.274 e. The molecule has 0 saturated heterocycles. The van der Waals surface area contributed by atoms with Gasteiger partial charge in [-0.1, -0.05) is 6.07 Å². The highest BCUT2D eigenvalue weighted by atomic mass is 16.2. The number of anilines is 1. The van der Waals surface area contributed by atoms with Gasteiger partial charge in [0.2, 0.25) is 5.91 Å². The number of amides is 2. The summed E-state index contributed by atoms with van der Waals surface area (Å²) in [5.74, 6) is -0.889. The van der Waals surface area contributed by atoms with Crippen molar-refractivity contribution in [3.8, 4) is 5.69 Å². The highest BCUT2D eigenvalue weighted by molar-refractivity contribution is 5.94. The van der Waals surface area contributed by atoms with Crippen molar-refractivity contribution >= 4 is 17.5 Å². The van der Waals surface area contributed by atoms with Gasteiger partial charge in [0, 0.05) is 18.4 Å². The fraction of sp³-hybridized carbons (Fsp3) is 0.214. The fourth-order valence-corrected chi connectivity index (χ4v) is 1.93. The smallest absolute Gasteiger partial charge is 0.274 e. The molecule has 7 heteroatoms. The second-order valence-electron chi connectivity index (χ2n) is 4.53. The molecule has 1 heterocycles. The Morgan fingerprint density at radius 3 is 2.71 bits per heavy atom. The Bertz CT molecular complexity index is 665. The minimum atomic E-state index is -0.555. The average molecular weight is 287 g/mol. The Hall–Kier alpha value is -2.83. The van der Waals surface area contributed by atoms with Crippen LogP contribution < -0.4 is 11.5 Å². The summed E-state index contributed by atoms with van der Waals surface area (Å²) in [6.07, 6.45) is 1.67. The summed E-state index contributed by atoms with van der Waals surface area (Å²) in [6.45, 7) is 2.03. The van der Waals surface area contributed by atoms with Gasteiger partial charge in [0.15, 0.2) is 5.69 Å². The van der Waals surface area contributed by atoms with Gasteiger partial charge in [-0.15, -0.1) is 0 Å². The molecule has 4 N–H and O–H groups in total. The minimum absolute atomic E-state index is 0.125. The van der Waals surface area contributed by atoms with E-state index in [1.165, 1.54) is 4.90 Å². The van der Waals surface area contributed by atoms with Crippen molar-refractivity contribution in [2.45, 2.75) is 6.92 Å². The molecule has 0 aliphatic carbocycles. The van der Waals surface area contributed by atoms with Gasteiger partial charge in [-0.2, -0.15) is 5.10 Å². The second-order valence-corrected chi connectivity index (χ2v) is 4.53. The molecule has 7 nitrogen and oxygen atoms in total. The lowest BCUT2D eigenvalue weighted by atomic mass is 10.3. The van der Waals surface area contributed by atoms with Crippen LogP contribution in [-0.4, -0.2) is 39.6 Å². The molecule has 0 atom stereocenters. The Balaban J connectivity index is 2.23. The molecule has 0 bridgehead atoms. The number of hydrogen-bond acceptors (Lipinski definition) is 4. The Morgan fingerprint density at radius 1 is 1.33 bits per heavy atom. The van der Waals surface area contributed by atoms with Crippen LogP contribution in [-0.2, 0) is 4.79 Å². The molecule has 1 aromatic carbocycles. The zero-order valence-corrected chi connectivity index (χ0v) is 11.7. The predicted octanol–water partition coefficient (Wildman–Crippen LogP) is 0.402. The van der Waals surface area contributed by atoms with Crippen LogP contribution in [0.3, 0.4) is 0 Å². The zero-order chi connectivity index (χ0) is 15.4. The molecule has 2 amide bonds. The van der Waals surface area contributed by atoms with Crippen molar-refractivity contribution in [1.29, 1.82) is 0 Å². The van der Waals surface area contributed by atoms with E-state index >= 15 is 0 Å². The van der Waals surface area contributed by atoms with E-state index in [1.807, 2.05) is 6.07 Å². The van der Waals surface area contributed by atoms with Gasteiger partial charge >= 0.3 is 0 Å². The number of nitrogens with two attached hydrogens (primary N) is 2. The highest BCUT2D eigenvalue weighted by Gasteiger charge is 2.18. The lowest BCUT2D eigenvalue weighted by Crippen LogP contribution is -2.38. The van der Waals surface area contributed by atoms with Crippen LogP contribution in [0.5, 0.6) is 0 Å². The number of primary amides is 1. The minimum Gasteiger partial charge on any atom is -0.399 e. The van der Waals surface area contributed by atoms with Gasteiger partial charge in [-0.05, 0) is 31.2 Å². The van der Waals surface area contributed by atoms with Crippen LogP contribution in [0.25, 0.3) is 5.69 Å². The van der Waals surface area contributed by atoms with Crippen molar-refractivity contribution < 1.29 is 9.59 Å². The molecule has 0 unspecified atom stereocenters. The van der Waals surface area contributed by atoms with E-state index in [4.69, 9.17) is 11.5 Å². The van der Waals surface area contributed by atoms with E-state index in [1.54, 1.807) is 42.1 Å². The molecule has 0 saturated carbocycles. The summed E-state index contributed by atoms with van der Waals surface area (Å²) in [7, 11) is 0. The first-order valence-electron chi connectivity index (χ1n) is 6.50. The number of carbonyl (C=O) groups excluding carboxylic acids is 2. The summed E-state index contributed by atoms with van der Waals surface area (Å²) in [5, 5.41) is 4.22. The van der Waals surface area contributed by atoms with Crippen molar-refractivity contribution in [2.75, 3.05) is 18.8 Å². The third kappa shape index (κ3) is 3.38. The quantitative estimate of drug-likeness (QED) is 0.776. The molecule has 1 aromatic heterocycles. The molecule has 0 spiro atoms. The topological polar surface area (TPSA) is 107 Å². The van der Waals surface area contributed by atoms with Gasteiger partial charge in [-0.25, -0.2) is 4.68 Å². The van der Waals surface area contributed by atoms with Gasteiger partial charge in [0.1, 0.15) is 0 Å². The molecule has 0 radical (unpaired) electrons. The first-order chi connectivity index (χ1) is 10.0. The third-order valence-electron chi connectivity index (χ3n) is 2.96. The average Bonchev–Trinajstić information content (AvgIpc) is 2.93. The number of likely N-dealkylation sites (N-methyl/N-ethyl adjacent to an activating group) is 1. The molecule has 0 aliphatic rings. The normalized spacial score (nSPS) is 10.3. The van der Waals surface area contributed by atoms with E-state index in [0.717, 1.165) is 5.69 Å². The second kappa shape index (κ2) is 6.08. The first-order valence-corrected chi connectivity index (χ1v) is 6.50. The number of nitrogens with zero attached hydrogens (tertiary/aromatic N) is 3. The molecule has 0 fully saturated rings. The molecule has 0 aliphatic heterocycles. The molecule has 21 heavy (non-hydrogen) atoms. The lowest BCUT2D eigenvalue weighted by molar-refractivity contribution is -0.118. The number of carbonyl (C=O) groups is 2. The molecule has 2 aromatic rings. The summed E-state index contributed by atoms with van der Waals surface area (Å²) < 4.78 is 1.56. The Kier molecular flexibility index (Phi) is 4.22. The molecular formula is C14H17N5O2. The molecular weight excluding hydrogens is 270 g/mol.